The van der Waals surface area contributed by atoms with Crippen LogP contribution in [0.2, 0.25) is 0 Å². The topological polar surface area (TPSA) is 17.8 Å². The van der Waals surface area contributed by atoms with Gasteiger partial charge in [-0.15, -0.1) is 0 Å². The molecular formula is C12H10N2S. The van der Waals surface area contributed by atoms with Crippen molar-refractivity contribution in [2.24, 2.45) is 7.05 Å². The summed E-state index contributed by atoms with van der Waals surface area (Å²) in [6.07, 6.45) is 2.08. The van der Waals surface area contributed by atoms with Gasteiger partial charge in [0.1, 0.15) is 0 Å². The molecule has 0 fully saturated rings. The third-order valence-corrected chi connectivity index (χ3v) is 3.18. The standard InChI is InChI=1S/C12H10N2S/c1-14-6-4-10-8-9(2-3-12(10)14)11-5-7-15-13-11/h2-8H,1H3. The molecule has 0 aliphatic rings. The Hall–Kier alpha value is -1.61. The van der Waals surface area contributed by atoms with Gasteiger partial charge in [-0.25, -0.2) is 0 Å². The third-order valence-electron chi connectivity index (χ3n) is 2.62. The lowest BCUT2D eigenvalue weighted by atomic mass is 10.1. The van der Waals surface area contributed by atoms with E-state index in [1.54, 1.807) is 0 Å². The summed E-state index contributed by atoms with van der Waals surface area (Å²) < 4.78 is 6.46. The molecule has 0 saturated heterocycles. The molecule has 0 radical (unpaired) electrons. The van der Waals surface area contributed by atoms with Crippen LogP contribution in [0.3, 0.4) is 0 Å². The zero-order valence-corrected chi connectivity index (χ0v) is 9.16. The van der Waals surface area contributed by atoms with Crippen LogP contribution in [0.5, 0.6) is 0 Å². The SMILES string of the molecule is Cn1ccc2cc(-c3ccsn3)ccc21. The first kappa shape index (κ1) is 8.68. The number of aryl methyl sites for hydroxylation is 1. The normalized spacial score (nSPS) is 11.0. The second-order valence-corrected chi connectivity index (χ2v) is 4.25. The van der Waals surface area contributed by atoms with E-state index in [0.717, 1.165) is 5.69 Å². The van der Waals surface area contributed by atoms with Crippen LogP contribution in [-0.2, 0) is 7.05 Å². The monoisotopic (exact) mass is 214 g/mol. The number of fused-ring (bicyclic) bond motifs is 1. The Morgan fingerprint density at radius 3 is 2.93 bits per heavy atom. The maximum Gasteiger partial charge on any atom is 0.0840 e. The van der Waals surface area contributed by atoms with Crippen molar-refractivity contribution in [1.82, 2.24) is 8.94 Å². The highest BCUT2D eigenvalue weighted by atomic mass is 32.1. The van der Waals surface area contributed by atoms with Crippen LogP contribution in [0.15, 0.2) is 41.9 Å². The minimum atomic E-state index is 1.06. The van der Waals surface area contributed by atoms with E-state index in [2.05, 4.69) is 52.5 Å². The number of nitrogens with zero attached hydrogens (tertiary/aromatic N) is 2. The number of aromatic nitrogens is 2. The highest BCUT2D eigenvalue weighted by molar-refractivity contribution is 7.03. The molecule has 0 aliphatic heterocycles. The highest BCUT2D eigenvalue weighted by Gasteiger charge is 2.02. The van der Waals surface area contributed by atoms with E-state index < -0.39 is 0 Å². The van der Waals surface area contributed by atoms with E-state index >= 15 is 0 Å². The lowest BCUT2D eigenvalue weighted by Crippen LogP contribution is -1.83. The van der Waals surface area contributed by atoms with Gasteiger partial charge in [0.2, 0.25) is 0 Å². The summed E-state index contributed by atoms with van der Waals surface area (Å²) in [7, 11) is 2.06. The van der Waals surface area contributed by atoms with E-state index in [-0.39, 0.29) is 0 Å². The minimum Gasteiger partial charge on any atom is -0.351 e. The van der Waals surface area contributed by atoms with E-state index in [9.17, 15) is 0 Å². The fourth-order valence-corrected chi connectivity index (χ4v) is 2.33. The molecule has 0 bridgehead atoms. The first-order valence-corrected chi connectivity index (χ1v) is 5.64. The van der Waals surface area contributed by atoms with Crippen LogP contribution in [0.25, 0.3) is 22.2 Å². The highest BCUT2D eigenvalue weighted by Crippen LogP contribution is 2.24. The Bertz CT molecular complexity index is 593. The summed E-state index contributed by atoms with van der Waals surface area (Å²) in [5.41, 5.74) is 3.51. The fourth-order valence-electron chi connectivity index (χ4n) is 1.80. The Morgan fingerprint density at radius 1 is 1.20 bits per heavy atom. The maximum absolute atomic E-state index is 4.33. The summed E-state index contributed by atoms with van der Waals surface area (Å²) >= 11 is 1.49. The van der Waals surface area contributed by atoms with Gasteiger partial charge in [-0.3, -0.25) is 0 Å². The van der Waals surface area contributed by atoms with Crippen molar-refractivity contribution >= 4 is 22.4 Å². The van der Waals surface area contributed by atoms with E-state index in [0.29, 0.717) is 0 Å². The molecule has 3 aromatic rings. The lowest BCUT2D eigenvalue weighted by Gasteiger charge is -1.99. The van der Waals surface area contributed by atoms with Crippen LogP contribution >= 0.6 is 11.5 Å². The fraction of sp³-hybridized carbons (Fsp3) is 0.0833. The maximum atomic E-state index is 4.33. The van der Waals surface area contributed by atoms with Crippen LogP contribution in [0.1, 0.15) is 0 Å². The van der Waals surface area contributed by atoms with Crippen molar-refractivity contribution in [3.05, 3.63) is 41.9 Å². The van der Waals surface area contributed by atoms with Crippen molar-refractivity contribution in [3.63, 3.8) is 0 Å². The minimum absolute atomic E-state index is 1.06. The first-order valence-electron chi connectivity index (χ1n) is 4.80. The van der Waals surface area contributed by atoms with Gasteiger partial charge in [-0.05, 0) is 35.8 Å². The molecule has 0 atom stereocenters. The average Bonchev–Trinajstić information content (AvgIpc) is 2.88. The molecule has 2 aromatic heterocycles. The zero-order valence-electron chi connectivity index (χ0n) is 8.34. The molecule has 0 amide bonds. The lowest BCUT2D eigenvalue weighted by molar-refractivity contribution is 0.969. The van der Waals surface area contributed by atoms with Crippen LogP contribution in [-0.4, -0.2) is 8.94 Å². The van der Waals surface area contributed by atoms with Gasteiger partial charge in [0.05, 0.1) is 5.69 Å². The summed E-state index contributed by atoms with van der Waals surface area (Å²) in [5, 5.41) is 3.27. The third kappa shape index (κ3) is 1.36. The second-order valence-electron chi connectivity index (χ2n) is 3.58. The first-order chi connectivity index (χ1) is 7.34. The quantitative estimate of drug-likeness (QED) is 0.607. The predicted molar refractivity (Wildman–Crippen MR) is 64.0 cm³/mol. The molecule has 3 heteroatoms. The van der Waals surface area contributed by atoms with Gasteiger partial charge in [-0.1, -0.05) is 6.07 Å². The van der Waals surface area contributed by atoms with Crippen molar-refractivity contribution in [2.75, 3.05) is 0 Å². The van der Waals surface area contributed by atoms with Gasteiger partial charge >= 0.3 is 0 Å². The Morgan fingerprint density at radius 2 is 2.13 bits per heavy atom. The van der Waals surface area contributed by atoms with Crippen LogP contribution in [0.4, 0.5) is 0 Å². The molecule has 0 N–H and O–H groups in total. The number of hydrogen-bond acceptors (Lipinski definition) is 2. The molecule has 2 heterocycles. The Balaban J connectivity index is 2.23. The van der Waals surface area contributed by atoms with Gasteiger partial charge < -0.3 is 4.57 Å². The van der Waals surface area contributed by atoms with Crippen LogP contribution < -0.4 is 0 Å². The molecule has 0 aliphatic carbocycles. The average molecular weight is 214 g/mol. The van der Waals surface area contributed by atoms with Gasteiger partial charge in [-0.2, -0.15) is 4.37 Å². The summed E-state index contributed by atoms with van der Waals surface area (Å²) in [6, 6.07) is 10.6. The van der Waals surface area contributed by atoms with Gasteiger partial charge in [0, 0.05) is 35.1 Å². The number of hydrogen-bond donors (Lipinski definition) is 0. The number of rotatable bonds is 1. The zero-order chi connectivity index (χ0) is 10.3. The summed E-state index contributed by atoms with van der Waals surface area (Å²) in [6.45, 7) is 0. The van der Waals surface area contributed by atoms with E-state index in [4.69, 9.17) is 0 Å². The van der Waals surface area contributed by atoms with Gasteiger partial charge in [0.25, 0.3) is 0 Å². The van der Waals surface area contributed by atoms with E-state index in [1.807, 2.05) is 5.38 Å². The smallest absolute Gasteiger partial charge is 0.0840 e. The number of benzene rings is 1. The molecule has 15 heavy (non-hydrogen) atoms. The molecule has 74 valence electrons. The van der Waals surface area contributed by atoms with E-state index in [1.165, 1.54) is 28.0 Å². The van der Waals surface area contributed by atoms with Gasteiger partial charge in [0.15, 0.2) is 0 Å². The largest absolute Gasteiger partial charge is 0.351 e. The molecule has 1 aromatic carbocycles. The molecule has 0 saturated carbocycles. The molecule has 2 nitrogen and oxygen atoms in total. The summed E-state index contributed by atoms with van der Waals surface area (Å²) in [5.74, 6) is 0. The van der Waals surface area contributed by atoms with Crippen molar-refractivity contribution in [2.45, 2.75) is 0 Å². The Kier molecular flexibility index (Phi) is 1.86. The Labute approximate surface area is 92.0 Å². The predicted octanol–water partition coefficient (Wildman–Crippen LogP) is 3.30. The molecular weight excluding hydrogens is 204 g/mol. The van der Waals surface area contributed by atoms with Crippen molar-refractivity contribution in [1.29, 1.82) is 0 Å². The summed E-state index contributed by atoms with van der Waals surface area (Å²) in [4.78, 5) is 0. The molecule has 0 unspecified atom stereocenters. The second kappa shape index (κ2) is 3.21. The van der Waals surface area contributed by atoms with Crippen LogP contribution in [0, 0.1) is 0 Å². The molecule has 3 rings (SSSR count). The molecule has 0 spiro atoms. The van der Waals surface area contributed by atoms with Crippen molar-refractivity contribution in [3.8, 4) is 11.3 Å². The van der Waals surface area contributed by atoms with Crippen molar-refractivity contribution < 1.29 is 0 Å².